The molecule has 37 heavy (non-hydrogen) atoms. The predicted octanol–water partition coefficient (Wildman–Crippen LogP) is 4.97. The van der Waals surface area contributed by atoms with Crippen LogP contribution in [-0.2, 0) is 0 Å². The van der Waals surface area contributed by atoms with Crippen LogP contribution in [0, 0.1) is 6.92 Å². The van der Waals surface area contributed by atoms with E-state index in [-0.39, 0.29) is 5.92 Å². The molecule has 0 unspecified atom stereocenters. The van der Waals surface area contributed by atoms with Crippen LogP contribution in [-0.4, -0.2) is 41.5 Å². The molecule has 0 aliphatic carbocycles. The normalized spacial score (nSPS) is 14.2. The third-order valence-electron chi connectivity index (χ3n) is 6.56. The second-order valence-corrected chi connectivity index (χ2v) is 8.74. The van der Waals surface area contributed by atoms with Crippen molar-refractivity contribution in [2.45, 2.75) is 12.8 Å². The van der Waals surface area contributed by atoms with Crippen molar-refractivity contribution in [2.75, 3.05) is 7.11 Å². The van der Waals surface area contributed by atoms with Crippen LogP contribution in [0.25, 0.3) is 22.9 Å². The van der Waals surface area contributed by atoms with E-state index >= 15 is 0 Å². The molecular formula is C28H21N7O2. The Morgan fingerprint density at radius 2 is 1.68 bits per heavy atom. The van der Waals surface area contributed by atoms with Gasteiger partial charge in [0.05, 0.1) is 35.5 Å². The minimum Gasteiger partial charge on any atom is -0.497 e. The van der Waals surface area contributed by atoms with Crippen LogP contribution < -0.4 is 9.47 Å². The zero-order valence-electron chi connectivity index (χ0n) is 20.1. The number of para-hydroxylation sites is 1. The van der Waals surface area contributed by atoms with E-state index in [2.05, 4.69) is 27.2 Å². The molecule has 0 saturated heterocycles. The summed E-state index contributed by atoms with van der Waals surface area (Å²) in [6.45, 7) is 2.00. The van der Waals surface area contributed by atoms with Crippen LogP contribution >= 0.6 is 0 Å². The van der Waals surface area contributed by atoms with Crippen molar-refractivity contribution in [3.63, 3.8) is 0 Å². The highest BCUT2D eigenvalue weighted by Gasteiger charge is 2.38. The number of methoxy groups -OCH3 is 1. The van der Waals surface area contributed by atoms with Gasteiger partial charge in [-0.05, 0) is 48.9 Å². The first-order valence-electron chi connectivity index (χ1n) is 11.8. The van der Waals surface area contributed by atoms with E-state index in [0.29, 0.717) is 28.9 Å². The Bertz CT molecular complexity index is 1740. The van der Waals surface area contributed by atoms with Gasteiger partial charge in [-0.15, -0.1) is 5.10 Å². The molecule has 2 aromatic carbocycles. The average Bonchev–Trinajstić information content (AvgIpc) is 3.54. The van der Waals surface area contributed by atoms with E-state index in [0.717, 1.165) is 33.8 Å². The number of pyridine rings is 1. The van der Waals surface area contributed by atoms with E-state index in [1.165, 1.54) is 0 Å². The first-order chi connectivity index (χ1) is 18.2. The van der Waals surface area contributed by atoms with E-state index in [1.54, 1.807) is 24.1 Å². The van der Waals surface area contributed by atoms with Gasteiger partial charge in [-0.1, -0.05) is 36.4 Å². The van der Waals surface area contributed by atoms with Gasteiger partial charge in [0.15, 0.2) is 5.65 Å². The summed E-state index contributed by atoms with van der Waals surface area (Å²) in [4.78, 5) is 14.0. The van der Waals surface area contributed by atoms with E-state index < -0.39 is 0 Å². The van der Waals surface area contributed by atoms with E-state index in [9.17, 15) is 0 Å². The van der Waals surface area contributed by atoms with Gasteiger partial charge in [-0.25, -0.2) is 19.2 Å². The van der Waals surface area contributed by atoms with Crippen molar-refractivity contribution < 1.29 is 9.47 Å². The monoisotopic (exact) mass is 487 g/mol. The van der Waals surface area contributed by atoms with Gasteiger partial charge < -0.3 is 9.47 Å². The Balaban J connectivity index is 1.49. The average molecular weight is 488 g/mol. The molecule has 0 fully saturated rings. The summed E-state index contributed by atoms with van der Waals surface area (Å²) < 4.78 is 15.4. The summed E-state index contributed by atoms with van der Waals surface area (Å²) in [7, 11) is 1.66. The second-order valence-electron chi connectivity index (χ2n) is 8.74. The maximum atomic E-state index is 6.47. The van der Waals surface area contributed by atoms with Crippen molar-refractivity contribution in [3.8, 4) is 34.7 Å². The molecule has 9 nitrogen and oxygen atoms in total. The Hall–Kier alpha value is -5.05. The van der Waals surface area contributed by atoms with Crippen molar-refractivity contribution >= 4 is 5.65 Å². The van der Waals surface area contributed by atoms with Crippen molar-refractivity contribution in [1.82, 2.24) is 34.3 Å². The lowest BCUT2D eigenvalue weighted by Crippen LogP contribution is -2.16. The topological polar surface area (TPSA) is 92.2 Å². The summed E-state index contributed by atoms with van der Waals surface area (Å²) >= 11 is 0. The maximum Gasteiger partial charge on any atom is 0.230 e. The number of ether oxygens (including phenoxy) is 2. The Morgan fingerprint density at radius 3 is 2.43 bits per heavy atom. The van der Waals surface area contributed by atoms with Crippen LogP contribution in [0.1, 0.15) is 28.3 Å². The lowest BCUT2D eigenvalue weighted by atomic mass is 9.84. The molecule has 7 rings (SSSR count). The minimum absolute atomic E-state index is 0.237. The first-order valence-corrected chi connectivity index (χ1v) is 11.8. The molecule has 1 aliphatic heterocycles. The fourth-order valence-corrected chi connectivity index (χ4v) is 4.86. The number of hydrogen-bond donors (Lipinski definition) is 0. The zero-order valence-corrected chi connectivity index (χ0v) is 20.1. The minimum atomic E-state index is -0.237. The lowest BCUT2D eigenvalue weighted by Gasteiger charge is -2.26. The summed E-state index contributed by atoms with van der Waals surface area (Å²) in [5.41, 5.74) is 5.93. The fourth-order valence-electron chi connectivity index (χ4n) is 4.86. The number of rotatable bonds is 4. The first kappa shape index (κ1) is 21.3. The molecule has 0 N–H and O–H groups in total. The third kappa shape index (κ3) is 3.35. The van der Waals surface area contributed by atoms with Crippen LogP contribution in [0.4, 0.5) is 0 Å². The number of hydrogen-bond acceptors (Lipinski definition) is 7. The van der Waals surface area contributed by atoms with Gasteiger partial charge in [-0.3, -0.25) is 4.98 Å². The van der Waals surface area contributed by atoms with Gasteiger partial charge in [0.2, 0.25) is 17.6 Å². The Morgan fingerprint density at radius 1 is 0.865 bits per heavy atom. The zero-order chi connectivity index (χ0) is 24.9. The summed E-state index contributed by atoms with van der Waals surface area (Å²) in [5.74, 6) is 2.17. The molecule has 0 spiro atoms. The molecule has 5 heterocycles. The van der Waals surface area contributed by atoms with Crippen molar-refractivity contribution in [3.05, 3.63) is 108 Å². The number of benzene rings is 2. The lowest BCUT2D eigenvalue weighted by molar-refractivity contribution is 0.402. The molecule has 180 valence electrons. The molecule has 4 aromatic heterocycles. The molecule has 9 heteroatoms. The quantitative estimate of drug-likeness (QED) is 0.346. The highest BCUT2D eigenvalue weighted by molar-refractivity contribution is 5.68. The number of aromatic nitrogens is 7. The van der Waals surface area contributed by atoms with Gasteiger partial charge >= 0.3 is 0 Å². The Kier molecular flexibility index (Phi) is 4.75. The highest BCUT2D eigenvalue weighted by Crippen LogP contribution is 2.49. The number of fused-ring (bicyclic) bond motifs is 4. The van der Waals surface area contributed by atoms with Crippen LogP contribution in [0.3, 0.4) is 0 Å². The van der Waals surface area contributed by atoms with Crippen molar-refractivity contribution in [2.24, 2.45) is 0 Å². The van der Waals surface area contributed by atoms with Gasteiger partial charge in [0.25, 0.3) is 0 Å². The predicted molar refractivity (Wildman–Crippen MR) is 136 cm³/mol. The maximum absolute atomic E-state index is 6.47. The standard InChI is InChI=1S/C28H21N7O2/c1-17-22-23(18-11-13-20(36-2)14-12-18)24-26-31-25(21-10-6-7-15-29-21)33-34(26)16-30-27(24)37-28(22)35(32-17)19-8-4-3-5-9-19/h3-16,23H,1-2H3/t23-/m0/s1. The second kappa shape index (κ2) is 8.27. The Labute approximate surface area is 212 Å². The van der Waals surface area contributed by atoms with Crippen LogP contribution in [0.15, 0.2) is 85.3 Å². The summed E-state index contributed by atoms with van der Waals surface area (Å²) in [5, 5.41) is 9.54. The fraction of sp³-hybridized carbons (Fsp3) is 0.107. The molecule has 0 amide bonds. The number of aryl methyl sites for hydroxylation is 1. The number of nitrogens with zero attached hydrogens (tertiary/aromatic N) is 7. The van der Waals surface area contributed by atoms with Gasteiger partial charge in [-0.2, -0.15) is 5.10 Å². The van der Waals surface area contributed by atoms with E-state index in [4.69, 9.17) is 19.6 Å². The molecule has 0 saturated carbocycles. The van der Waals surface area contributed by atoms with Crippen molar-refractivity contribution in [1.29, 1.82) is 0 Å². The van der Waals surface area contributed by atoms with Crippen LogP contribution in [0.5, 0.6) is 17.5 Å². The highest BCUT2D eigenvalue weighted by atomic mass is 16.5. The molecular weight excluding hydrogens is 466 g/mol. The molecule has 6 aromatic rings. The third-order valence-corrected chi connectivity index (χ3v) is 6.56. The smallest absolute Gasteiger partial charge is 0.230 e. The molecule has 0 bridgehead atoms. The van der Waals surface area contributed by atoms with Crippen LogP contribution in [0.2, 0.25) is 0 Å². The molecule has 1 atom stereocenters. The SMILES string of the molecule is COc1ccc([C@H]2c3c(C)nn(-c4ccccc4)c3Oc3ncn4nc(-c5ccccn5)nc4c32)cc1. The van der Waals surface area contributed by atoms with Gasteiger partial charge in [0, 0.05) is 6.20 Å². The van der Waals surface area contributed by atoms with E-state index in [1.807, 2.05) is 72.3 Å². The summed E-state index contributed by atoms with van der Waals surface area (Å²) in [6, 6.07) is 23.6. The molecule has 0 radical (unpaired) electrons. The van der Waals surface area contributed by atoms with Gasteiger partial charge in [0.1, 0.15) is 17.8 Å². The largest absolute Gasteiger partial charge is 0.497 e. The summed E-state index contributed by atoms with van der Waals surface area (Å²) in [6.07, 6.45) is 3.35. The molecule has 1 aliphatic rings.